The van der Waals surface area contributed by atoms with E-state index < -0.39 is 0 Å². The lowest BCUT2D eigenvalue weighted by Crippen LogP contribution is -2.33. The van der Waals surface area contributed by atoms with Crippen LogP contribution in [0.1, 0.15) is 44.7 Å². The van der Waals surface area contributed by atoms with Crippen LogP contribution in [0.4, 0.5) is 0 Å². The quantitative estimate of drug-likeness (QED) is 0.868. The third-order valence-corrected chi connectivity index (χ3v) is 4.28. The molecule has 1 fully saturated rings. The highest BCUT2D eigenvalue weighted by atomic mass is 16.5. The van der Waals surface area contributed by atoms with Crippen LogP contribution in [0, 0.1) is 5.92 Å². The van der Waals surface area contributed by atoms with E-state index in [2.05, 4.69) is 17.2 Å². The Morgan fingerprint density at radius 1 is 1.30 bits per heavy atom. The van der Waals surface area contributed by atoms with E-state index in [1.54, 1.807) is 20.4 Å². The van der Waals surface area contributed by atoms with Crippen LogP contribution in [-0.2, 0) is 6.54 Å². The van der Waals surface area contributed by atoms with Crippen molar-refractivity contribution in [2.75, 3.05) is 14.2 Å². The molecule has 2 atom stereocenters. The molecule has 20 heavy (non-hydrogen) atoms. The van der Waals surface area contributed by atoms with Gasteiger partial charge < -0.3 is 14.8 Å². The molecule has 4 nitrogen and oxygen atoms in total. The Labute approximate surface area is 121 Å². The average Bonchev–Trinajstić information content (AvgIpc) is 2.52. The molecule has 0 amide bonds. The molecule has 1 aliphatic rings. The normalized spacial score (nSPS) is 22.6. The fraction of sp³-hybridized carbons (Fsp3) is 0.688. The first-order valence-electron chi connectivity index (χ1n) is 7.57. The Bertz CT molecular complexity index is 423. The van der Waals surface area contributed by atoms with E-state index >= 15 is 0 Å². The number of ether oxygens (including phenoxy) is 2. The number of aromatic nitrogens is 1. The number of methoxy groups -OCH3 is 2. The maximum absolute atomic E-state index is 5.42. The van der Waals surface area contributed by atoms with Gasteiger partial charge in [-0.1, -0.05) is 26.2 Å². The number of hydrogen-bond donors (Lipinski definition) is 1. The molecular weight excluding hydrogens is 252 g/mol. The highest BCUT2D eigenvalue weighted by Crippen LogP contribution is 2.30. The molecule has 2 unspecified atom stereocenters. The maximum Gasteiger partial charge on any atom is 0.183 e. The summed E-state index contributed by atoms with van der Waals surface area (Å²) >= 11 is 0. The van der Waals surface area contributed by atoms with Gasteiger partial charge in [-0.15, -0.1) is 0 Å². The minimum absolute atomic E-state index is 0.603. The van der Waals surface area contributed by atoms with Crippen LogP contribution in [0.15, 0.2) is 12.3 Å². The summed E-state index contributed by atoms with van der Waals surface area (Å²) < 4.78 is 10.7. The maximum atomic E-state index is 5.42. The molecule has 1 saturated carbocycles. The molecule has 0 radical (unpaired) electrons. The second kappa shape index (κ2) is 7.48. The molecule has 1 N–H and O–H groups in total. The number of rotatable bonds is 6. The van der Waals surface area contributed by atoms with Crippen molar-refractivity contribution >= 4 is 0 Å². The molecule has 2 rings (SSSR count). The third kappa shape index (κ3) is 3.63. The summed E-state index contributed by atoms with van der Waals surface area (Å²) in [6.07, 6.45) is 8.33. The lowest BCUT2D eigenvalue weighted by Gasteiger charge is -2.29. The fourth-order valence-corrected chi connectivity index (χ4v) is 3.06. The van der Waals surface area contributed by atoms with Crippen LogP contribution >= 0.6 is 0 Å². The summed E-state index contributed by atoms with van der Waals surface area (Å²) in [6.45, 7) is 3.03. The van der Waals surface area contributed by atoms with E-state index in [1.807, 2.05) is 6.07 Å². The van der Waals surface area contributed by atoms with Crippen LogP contribution in [-0.4, -0.2) is 25.2 Å². The van der Waals surface area contributed by atoms with Gasteiger partial charge in [-0.05, 0) is 18.8 Å². The smallest absolute Gasteiger partial charge is 0.183 e. The summed E-state index contributed by atoms with van der Waals surface area (Å²) in [6, 6.07) is 2.43. The van der Waals surface area contributed by atoms with Gasteiger partial charge >= 0.3 is 0 Å². The van der Waals surface area contributed by atoms with Crippen LogP contribution in [0.3, 0.4) is 0 Å². The van der Waals surface area contributed by atoms with Crippen molar-refractivity contribution in [3.8, 4) is 11.5 Å². The van der Waals surface area contributed by atoms with E-state index in [0.29, 0.717) is 6.04 Å². The van der Waals surface area contributed by atoms with Crippen LogP contribution in [0.5, 0.6) is 11.5 Å². The molecule has 4 heteroatoms. The lowest BCUT2D eigenvalue weighted by atomic mass is 9.84. The van der Waals surface area contributed by atoms with Crippen molar-refractivity contribution in [1.82, 2.24) is 10.3 Å². The number of pyridine rings is 1. The molecular formula is C16H26N2O2. The third-order valence-electron chi connectivity index (χ3n) is 4.28. The van der Waals surface area contributed by atoms with Gasteiger partial charge in [0.2, 0.25) is 0 Å². The van der Waals surface area contributed by atoms with Crippen molar-refractivity contribution in [2.24, 2.45) is 5.92 Å². The minimum atomic E-state index is 0.603. The predicted octanol–water partition coefficient (Wildman–Crippen LogP) is 3.16. The monoisotopic (exact) mass is 278 g/mol. The first-order chi connectivity index (χ1) is 9.78. The van der Waals surface area contributed by atoms with Crippen molar-refractivity contribution in [3.05, 3.63) is 18.0 Å². The molecule has 1 heterocycles. The van der Waals surface area contributed by atoms with Crippen LogP contribution < -0.4 is 14.8 Å². The largest absolute Gasteiger partial charge is 0.493 e. The molecule has 0 saturated heterocycles. The SMILES string of the molecule is CCC1CCCC(NCc2nccc(OC)c2OC)C1. The lowest BCUT2D eigenvalue weighted by molar-refractivity contribution is 0.276. The van der Waals surface area contributed by atoms with E-state index in [0.717, 1.165) is 29.7 Å². The van der Waals surface area contributed by atoms with Crippen LogP contribution in [0.25, 0.3) is 0 Å². The van der Waals surface area contributed by atoms with Gasteiger partial charge in [0, 0.05) is 24.8 Å². The van der Waals surface area contributed by atoms with E-state index in [-0.39, 0.29) is 0 Å². The Kier molecular flexibility index (Phi) is 5.65. The summed E-state index contributed by atoms with van der Waals surface area (Å²) in [5.41, 5.74) is 0.922. The number of hydrogen-bond acceptors (Lipinski definition) is 4. The summed E-state index contributed by atoms with van der Waals surface area (Å²) in [5, 5.41) is 3.63. The molecule has 0 aliphatic heterocycles. The zero-order valence-corrected chi connectivity index (χ0v) is 12.8. The molecule has 1 aromatic rings. The molecule has 0 aromatic carbocycles. The second-order valence-corrected chi connectivity index (χ2v) is 5.51. The van der Waals surface area contributed by atoms with Crippen molar-refractivity contribution < 1.29 is 9.47 Å². The van der Waals surface area contributed by atoms with Crippen molar-refractivity contribution in [2.45, 2.75) is 51.6 Å². The van der Waals surface area contributed by atoms with E-state index in [9.17, 15) is 0 Å². The second-order valence-electron chi connectivity index (χ2n) is 5.51. The van der Waals surface area contributed by atoms with Gasteiger partial charge in [-0.2, -0.15) is 0 Å². The van der Waals surface area contributed by atoms with Gasteiger partial charge in [0.05, 0.1) is 19.9 Å². The summed E-state index contributed by atoms with van der Waals surface area (Å²) in [4.78, 5) is 4.41. The highest BCUT2D eigenvalue weighted by molar-refractivity contribution is 5.42. The zero-order chi connectivity index (χ0) is 14.4. The molecule has 112 valence electrons. The standard InChI is InChI=1S/C16H26N2O2/c1-4-12-6-5-7-13(10-12)18-11-14-16(20-3)15(19-2)8-9-17-14/h8-9,12-13,18H,4-7,10-11H2,1-3H3. The van der Waals surface area contributed by atoms with Gasteiger partial charge in [0.1, 0.15) is 0 Å². The molecule has 1 aromatic heterocycles. The average molecular weight is 278 g/mol. The van der Waals surface area contributed by atoms with Crippen LogP contribution in [0.2, 0.25) is 0 Å². The fourth-order valence-electron chi connectivity index (χ4n) is 3.06. The van der Waals surface area contributed by atoms with Gasteiger partial charge in [-0.3, -0.25) is 4.98 Å². The Morgan fingerprint density at radius 3 is 2.85 bits per heavy atom. The minimum Gasteiger partial charge on any atom is -0.493 e. The topological polar surface area (TPSA) is 43.4 Å². The van der Waals surface area contributed by atoms with Gasteiger partial charge in [0.15, 0.2) is 11.5 Å². The predicted molar refractivity (Wildman–Crippen MR) is 80.2 cm³/mol. The van der Waals surface area contributed by atoms with Crippen molar-refractivity contribution in [1.29, 1.82) is 0 Å². The molecule has 1 aliphatic carbocycles. The molecule has 0 spiro atoms. The first kappa shape index (κ1) is 15.1. The first-order valence-corrected chi connectivity index (χ1v) is 7.57. The number of nitrogens with zero attached hydrogens (tertiary/aromatic N) is 1. The Hall–Kier alpha value is -1.29. The van der Waals surface area contributed by atoms with E-state index in [1.165, 1.54) is 32.1 Å². The van der Waals surface area contributed by atoms with Gasteiger partial charge in [0.25, 0.3) is 0 Å². The zero-order valence-electron chi connectivity index (χ0n) is 12.8. The van der Waals surface area contributed by atoms with E-state index in [4.69, 9.17) is 9.47 Å². The Morgan fingerprint density at radius 2 is 2.15 bits per heavy atom. The number of nitrogens with one attached hydrogen (secondary N) is 1. The summed E-state index contributed by atoms with van der Waals surface area (Å²) in [5.74, 6) is 2.36. The Balaban J connectivity index is 1.96. The van der Waals surface area contributed by atoms with Crippen molar-refractivity contribution in [3.63, 3.8) is 0 Å². The highest BCUT2D eigenvalue weighted by Gasteiger charge is 2.21. The summed E-state index contributed by atoms with van der Waals surface area (Å²) in [7, 11) is 3.32. The van der Waals surface area contributed by atoms with Gasteiger partial charge in [-0.25, -0.2) is 0 Å². The molecule has 0 bridgehead atoms.